The molecule has 23 heavy (non-hydrogen) atoms. The second-order valence-electron chi connectivity index (χ2n) is 6.43. The van der Waals surface area contributed by atoms with Crippen LogP contribution in [-0.4, -0.2) is 26.3 Å². The summed E-state index contributed by atoms with van der Waals surface area (Å²) in [5.74, 6) is 2.38. The monoisotopic (exact) mass is 334 g/mol. The Morgan fingerprint density at radius 1 is 1.39 bits per heavy atom. The number of H-pyrrole nitrogens is 1. The molecule has 3 N–H and O–H groups in total. The highest BCUT2D eigenvalue weighted by molar-refractivity contribution is 6.33. The highest BCUT2D eigenvalue weighted by atomic mass is 35.5. The number of hydrogen-bond donors (Lipinski definition) is 2. The zero-order chi connectivity index (χ0) is 16.1. The van der Waals surface area contributed by atoms with Gasteiger partial charge in [0.15, 0.2) is 5.82 Å². The van der Waals surface area contributed by atoms with E-state index in [1.54, 1.807) is 23.9 Å². The van der Waals surface area contributed by atoms with Crippen LogP contribution >= 0.6 is 11.6 Å². The number of halogens is 1. The number of anilines is 2. The van der Waals surface area contributed by atoms with Crippen molar-refractivity contribution in [2.24, 2.45) is 18.9 Å². The number of nitrogens with two attached hydrogens (primary N) is 1. The first kappa shape index (κ1) is 14.6. The molecule has 0 aromatic carbocycles. The number of pyridine rings is 1. The molecule has 2 unspecified atom stereocenters. The summed E-state index contributed by atoms with van der Waals surface area (Å²) in [4.78, 5) is 18.1. The number of nitrogens with one attached hydrogen (secondary N) is 1. The van der Waals surface area contributed by atoms with Gasteiger partial charge in [-0.1, -0.05) is 11.6 Å². The Kier molecular flexibility index (Phi) is 3.33. The fourth-order valence-corrected chi connectivity index (χ4v) is 3.93. The van der Waals surface area contributed by atoms with Crippen LogP contribution in [0.1, 0.15) is 31.1 Å². The SMILES string of the molecule is Cn1c(C2C(C3CC3)CCN2c2cc(N)ncc2Cl)n[nH]c1=O. The molecule has 2 aromatic heterocycles. The molecule has 8 heteroatoms. The number of aromatic amines is 1. The molecule has 0 bridgehead atoms. The Hall–Kier alpha value is -2.02. The van der Waals surface area contributed by atoms with E-state index in [0.717, 1.165) is 24.5 Å². The molecule has 2 aromatic rings. The van der Waals surface area contributed by atoms with E-state index >= 15 is 0 Å². The van der Waals surface area contributed by atoms with Gasteiger partial charge >= 0.3 is 5.69 Å². The van der Waals surface area contributed by atoms with E-state index in [9.17, 15) is 4.79 Å². The van der Waals surface area contributed by atoms with Gasteiger partial charge in [-0.25, -0.2) is 14.9 Å². The molecule has 1 saturated heterocycles. The van der Waals surface area contributed by atoms with Crippen molar-refractivity contribution >= 4 is 23.1 Å². The molecule has 4 rings (SSSR count). The van der Waals surface area contributed by atoms with Crippen molar-refractivity contribution in [1.82, 2.24) is 19.7 Å². The van der Waals surface area contributed by atoms with Crippen LogP contribution in [0.15, 0.2) is 17.1 Å². The van der Waals surface area contributed by atoms with E-state index in [0.29, 0.717) is 22.7 Å². The molecule has 0 radical (unpaired) electrons. The summed E-state index contributed by atoms with van der Waals surface area (Å²) < 4.78 is 1.59. The number of aromatic nitrogens is 4. The van der Waals surface area contributed by atoms with Crippen molar-refractivity contribution < 1.29 is 0 Å². The van der Waals surface area contributed by atoms with Gasteiger partial charge in [-0.05, 0) is 31.1 Å². The summed E-state index contributed by atoms with van der Waals surface area (Å²) in [6.45, 7) is 0.871. The topological polar surface area (TPSA) is 92.8 Å². The van der Waals surface area contributed by atoms with E-state index in [-0.39, 0.29) is 11.7 Å². The normalized spacial score (nSPS) is 24.3. The van der Waals surface area contributed by atoms with Gasteiger partial charge in [0.2, 0.25) is 0 Å². The van der Waals surface area contributed by atoms with Gasteiger partial charge in [-0.15, -0.1) is 0 Å². The van der Waals surface area contributed by atoms with Crippen LogP contribution in [0.3, 0.4) is 0 Å². The van der Waals surface area contributed by atoms with E-state index in [1.807, 2.05) is 0 Å². The van der Waals surface area contributed by atoms with Crippen molar-refractivity contribution in [2.75, 3.05) is 17.2 Å². The van der Waals surface area contributed by atoms with Crippen molar-refractivity contribution in [1.29, 1.82) is 0 Å². The predicted octanol–water partition coefficient (Wildman–Crippen LogP) is 1.72. The molecule has 2 fully saturated rings. The lowest BCUT2D eigenvalue weighted by molar-refractivity contribution is 0.406. The number of nitrogens with zero attached hydrogens (tertiary/aromatic N) is 4. The van der Waals surface area contributed by atoms with Gasteiger partial charge in [0, 0.05) is 25.9 Å². The van der Waals surface area contributed by atoms with Crippen LogP contribution in [0.4, 0.5) is 11.5 Å². The molecule has 122 valence electrons. The van der Waals surface area contributed by atoms with Gasteiger partial charge < -0.3 is 10.6 Å². The highest BCUT2D eigenvalue weighted by Crippen LogP contribution is 2.51. The highest BCUT2D eigenvalue weighted by Gasteiger charge is 2.46. The summed E-state index contributed by atoms with van der Waals surface area (Å²) >= 11 is 6.36. The van der Waals surface area contributed by atoms with Crippen LogP contribution in [0.2, 0.25) is 5.02 Å². The van der Waals surface area contributed by atoms with E-state index in [4.69, 9.17) is 17.3 Å². The summed E-state index contributed by atoms with van der Waals surface area (Å²) in [6, 6.07) is 1.83. The molecule has 3 heterocycles. The average molecular weight is 335 g/mol. The van der Waals surface area contributed by atoms with Crippen LogP contribution < -0.4 is 16.3 Å². The third-order valence-electron chi connectivity index (χ3n) is 5.02. The Morgan fingerprint density at radius 3 is 2.83 bits per heavy atom. The van der Waals surface area contributed by atoms with E-state index < -0.39 is 0 Å². The second kappa shape index (κ2) is 5.26. The van der Waals surface area contributed by atoms with Crippen molar-refractivity contribution in [3.05, 3.63) is 33.6 Å². The molecule has 1 aliphatic heterocycles. The minimum absolute atomic E-state index is 0.0331. The number of rotatable bonds is 3. The zero-order valence-corrected chi connectivity index (χ0v) is 13.6. The van der Waals surface area contributed by atoms with Gasteiger partial charge in [0.05, 0.1) is 16.8 Å². The summed E-state index contributed by atoms with van der Waals surface area (Å²) in [5, 5.41) is 7.40. The fourth-order valence-electron chi connectivity index (χ4n) is 3.72. The van der Waals surface area contributed by atoms with Gasteiger partial charge in [-0.3, -0.25) is 4.57 Å². The quantitative estimate of drug-likeness (QED) is 0.891. The lowest BCUT2D eigenvalue weighted by Crippen LogP contribution is -2.30. The van der Waals surface area contributed by atoms with Gasteiger partial charge in [0.25, 0.3) is 0 Å². The molecule has 2 aliphatic rings. The smallest absolute Gasteiger partial charge is 0.343 e. The lowest BCUT2D eigenvalue weighted by atomic mass is 9.94. The van der Waals surface area contributed by atoms with Gasteiger partial charge in [-0.2, -0.15) is 5.10 Å². The first-order valence-electron chi connectivity index (χ1n) is 7.85. The Bertz CT molecular complexity index is 796. The summed E-state index contributed by atoms with van der Waals surface area (Å²) in [5.41, 5.74) is 6.52. The molecular formula is C15H19ClN6O. The fraction of sp³-hybridized carbons (Fsp3) is 0.533. The molecule has 7 nitrogen and oxygen atoms in total. The van der Waals surface area contributed by atoms with Crippen LogP contribution in [0.25, 0.3) is 0 Å². The molecular weight excluding hydrogens is 316 g/mol. The standard InChI is InChI=1S/C15H19ClN6O/c1-21-14(19-20-15(21)23)13-9(8-2-3-8)4-5-22(13)11-6-12(17)18-7-10(11)16/h6-9,13H,2-5H2,1H3,(H2,17,18)(H,20,23). The Balaban J connectivity index is 1.80. The average Bonchev–Trinajstić information content (AvgIpc) is 3.21. The molecule has 1 saturated carbocycles. The number of hydrogen-bond acceptors (Lipinski definition) is 5. The van der Waals surface area contributed by atoms with Crippen molar-refractivity contribution in [3.63, 3.8) is 0 Å². The minimum atomic E-state index is -0.193. The largest absolute Gasteiger partial charge is 0.384 e. The minimum Gasteiger partial charge on any atom is -0.384 e. The maximum Gasteiger partial charge on any atom is 0.343 e. The van der Waals surface area contributed by atoms with Gasteiger partial charge in [0.1, 0.15) is 5.82 Å². The Labute approximate surface area is 138 Å². The maximum atomic E-state index is 11.8. The molecule has 1 aliphatic carbocycles. The lowest BCUT2D eigenvalue weighted by Gasteiger charge is -2.29. The first-order chi connectivity index (χ1) is 11.1. The van der Waals surface area contributed by atoms with Crippen LogP contribution in [-0.2, 0) is 7.05 Å². The van der Waals surface area contributed by atoms with E-state index in [1.165, 1.54) is 12.8 Å². The Morgan fingerprint density at radius 2 is 2.17 bits per heavy atom. The first-order valence-corrected chi connectivity index (χ1v) is 8.23. The van der Waals surface area contributed by atoms with Crippen LogP contribution in [0.5, 0.6) is 0 Å². The third kappa shape index (κ3) is 2.39. The predicted molar refractivity (Wildman–Crippen MR) is 88.4 cm³/mol. The molecule has 2 atom stereocenters. The molecule has 0 amide bonds. The van der Waals surface area contributed by atoms with E-state index in [2.05, 4.69) is 20.1 Å². The molecule has 0 spiro atoms. The maximum absolute atomic E-state index is 11.8. The summed E-state index contributed by atoms with van der Waals surface area (Å²) in [6.07, 6.45) is 5.14. The van der Waals surface area contributed by atoms with Crippen molar-refractivity contribution in [2.45, 2.75) is 25.3 Å². The van der Waals surface area contributed by atoms with Crippen molar-refractivity contribution in [3.8, 4) is 0 Å². The second-order valence-corrected chi connectivity index (χ2v) is 6.84. The number of nitrogen functional groups attached to an aromatic ring is 1. The third-order valence-corrected chi connectivity index (χ3v) is 5.31. The summed E-state index contributed by atoms with van der Waals surface area (Å²) in [7, 11) is 1.75. The zero-order valence-electron chi connectivity index (χ0n) is 12.9. The van der Waals surface area contributed by atoms with Crippen LogP contribution in [0, 0.1) is 11.8 Å².